The van der Waals surface area contributed by atoms with Crippen LogP contribution in [0.2, 0.25) is 0 Å². The van der Waals surface area contributed by atoms with Gasteiger partial charge in [-0.1, -0.05) is 6.07 Å². The molecule has 6 nitrogen and oxygen atoms in total. The highest BCUT2D eigenvalue weighted by atomic mass is 32.2. The summed E-state index contributed by atoms with van der Waals surface area (Å²) < 4.78 is 32.9. The lowest BCUT2D eigenvalue weighted by molar-refractivity contribution is 0.00431. The minimum Gasteiger partial charge on any atom is -0.457 e. The van der Waals surface area contributed by atoms with Crippen molar-refractivity contribution < 1.29 is 22.7 Å². The molecule has 0 saturated carbocycles. The van der Waals surface area contributed by atoms with Crippen LogP contribution in [-0.4, -0.2) is 33.7 Å². The Kier molecular flexibility index (Phi) is 5.67. The maximum absolute atomic E-state index is 12.0. The molecule has 0 spiro atoms. The van der Waals surface area contributed by atoms with Crippen molar-refractivity contribution in [2.45, 2.75) is 31.8 Å². The average molecular weight is 301 g/mol. The first-order valence-electron chi connectivity index (χ1n) is 6.18. The monoisotopic (exact) mass is 301 g/mol. The molecule has 1 aromatic rings. The number of nitrogens with two attached hydrogens (primary N) is 1. The topological polar surface area (TPSA) is 95.7 Å². The summed E-state index contributed by atoms with van der Waals surface area (Å²) in [7, 11) is -3.85. The second kappa shape index (κ2) is 6.83. The molecule has 1 aromatic carbocycles. The maximum Gasteiger partial charge on any atom is 0.338 e. The minimum atomic E-state index is -3.85. The molecular weight excluding hydrogens is 282 g/mol. The molecule has 0 amide bonds. The third-order valence-electron chi connectivity index (χ3n) is 2.62. The van der Waals surface area contributed by atoms with Crippen LogP contribution < -0.4 is 5.14 Å². The fourth-order valence-corrected chi connectivity index (χ4v) is 2.10. The van der Waals surface area contributed by atoms with Crippen LogP contribution >= 0.6 is 0 Å². The van der Waals surface area contributed by atoms with Gasteiger partial charge in [-0.15, -0.1) is 0 Å². The summed E-state index contributed by atoms with van der Waals surface area (Å²) in [6.07, 6.45) is -0.417. The van der Waals surface area contributed by atoms with Crippen LogP contribution in [0.5, 0.6) is 0 Å². The highest BCUT2D eigenvalue weighted by Crippen LogP contribution is 2.16. The summed E-state index contributed by atoms with van der Waals surface area (Å²) in [6.45, 7) is 6.05. The fourth-order valence-electron chi connectivity index (χ4n) is 1.56. The van der Waals surface area contributed by atoms with Gasteiger partial charge >= 0.3 is 5.97 Å². The Labute approximate surface area is 118 Å². The summed E-state index contributed by atoms with van der Waals surface area (Å²) in [5.41, 5.74) is 0.797. The summed E-state index contributed by atoms with van der Waals surface area (Å²) >= 11 is 0. The highest BCUT2D eigenvalue weighted by molar-refractivity contribution is 7.89. The van der Waals surface area contributed by atoms with Crippen molar-refractivity contribution in [2.75, 3.05) is 13.2 Å². The molecule has 0 aliphatic rings. The Hall–Kier alpha value is -1.44. The first-order chi connectivity index (χ1) is 9.25. The van der Waals surface area contributed by atoms with Gasteiger partial charge in [0.25, 0.3) is 0 Å². The molecule has 20 heavy (non-hydrogen) atoms. The SMILES string of the molecule is CCOCC(C)OC(=O)c1cc(S(N)(=O)=O)ccc1C. The van der Waals surface area contributed by atoms with Gasteiger partial charge in [-0.25, -0.2) is 18.4 Å². The smallest absolute Gasteiger partial charge is 0.338 e. The first-order valence-corrected chi connectivity index (χ1v) is 7.72. The molecule has 0 aliphatic carbocycles. The molecule has 7 heteroatoms. The lowest BCUT2D eigenvalue weighted by atomic mass is 10.1. The highest BCUT2D eigenvalue weighted by Gasteiger charge is 2.17. The Balaban J connectivity index is 2.93. The maximum atomic E-state index is 12.0. The van der Waals surface area contributed by atoms with E-state index in [0.717, 1.165) is 0 Å². The van der Waals surface area contributed by atoms with Crippen molar-refractivity contribution in [1.82, 2.24) is 0 Å². The predicted molar refractivity (Wildman–Crippen MR) is 73.9 cm³/mol. The summed E-state index contributed by atoms with van der Waals surface area (Å²) in [4.78, 5) is 11.9. The van der Waals surface area contributed by atoms with Crippen LogP contribution in [0.3, 0.4) is 0 Å². The second-order valence-electron chi connectivity index (χ2n) is 4.40. The molecule has 1 rings (SSSR count). The molecule has 0 aliphatic heterocycles. The molecule has 1 unspecified atom stereocenters. The van der Waals surface area contributed by atoms with Crippen molar-refractivity contribution in [1.29, 1.82) is 0 Å². The van der Waals surface area contributed by atoms with Crippen LogP contribution in [0, 0.1) is 6.92 Å². The number of carbonyl (C=O) groups excluding carboxylic acids is 1. The van der Waals surface area contributed by atoms with E-state index in [1.165, 1.54) is 18.2 Å². The number of hydrogen-bond donors (Lipinski definition) is 1. The molecule has 112 valence electrons. The normalized spacial score (nSPS) is 13.0. The Morgan fingerprint density at radius 2 is 2.05 bits per heavy atom. The number of benzene rings is 1. The van der Waals surface area contributed by atoms with Crippen LogP contribution in [0.4, 0.5) is 0 Å². The van der Waals surface area contributed by atoms with Gasteiger partial charge in [0.05, 0.1) is 17.1 Å². The van der Waals surface area contributed by atoms with E-state index in [4.69, 9.17) is 14.6 Å². The standard InChI is InChI=1S/C13H19NO5S/c1-4-18-8-10(3)19-13(15)12-7-11(20(14,16)17)6-5-9(12)2/h5-7,10H,4,8H2,1-3H3,(H2,14,16,17). The van der Waals surface area contributed by atoms with Gasteiger partial charge in [0.1, 0.15) is 6.10 Å². The zero-order valence-electron chi connectivity index (χ0n) is 11.8. The Morgan fingerprint density at radius 3 is 2.60 bits per heavy atom. The second-order valence-corrected chi connectivity index (χ2v) is 5.96. The number of carbonyl (C=O) groups is 1. The van der Waals surface area contributed by atoms with Crippen LogP contribution in [-0.2, 0) is 19.5 Å². The minimum absolute atomic E-state index is 0.118. The van der Waals surface area contributed by atoms with E-state index < -0.39 is 22.1 Å². The fraction of sp³-hybridized carbons (Fsp3) is 0.462. The van der Waals surface area contributed by atoms with Crippen molar-refractivity contribution in [3.8, 4) is 0 Å². The number of hydrogen-bond acceptors (Lipinski definition) is 5. The van der Waals surface area contributed by atoms with Gasteiger partial charge in [-0.2, -0.15) is 0 Å². The zero-order chi connectivity index (χ0) is 15.3. The van der Waals surface area contributed by atoms with Gasteiger partial charge in [0.2, 0.25) is 10.0 Å². The van der Waals surface area contributed by atoms with Gasteiger partial charge < -0.3 is 9.47 Å². The molecule has 2 N–H and O–H groups in total. The van der Waals surface area contributed by atoms with E-state index in [9.17, 15) is 13.2 Å². The number of esters is 1. The van der Waals surface area contributed by atoms with Gasteiger partial charge in [-0.05, 0) is 38.5 Å². The zero-order valence-corrected chi connectivity index (χ0v) is 12.6. The number of sulfonamides is 1. The molecule has 0 heterocycles. The van der Waals surface area contributed by atoms with Crippen molar-refractivity contribution in [3.63, 3.8) is 0 Å². The largest absolute Gasteiger partial charge is 0.457 e. The third-order valence-corrected chi connectivity index (χ3v) is 3.53. The van der Waals surface area contributed by atoms with E-state index in [1.54, 1.807) is 13.8 Å². The number of rotatable bonds is 6. The van der Waals surface area contributed by atoms with Crippen molar-refractivity contribution in [3.05, 3.63) is 29.3 Å². The van der Waals surface area contributed by atoms with Crippen LogP contribution in [0.15, 0.2) is 23.1 Å². The van der Waals surface area contributed by atoms with Crippen molar-refractivity contribution >= 4 is 16.0 Å². The number of primary sulfonamides is 1. The van der Waals surface area contributed by atoms with Gasteiger partial charge in [0.15, 0.2) is 0 Å². The van der Waals surface area contributed by atoms with Crippen molar-refractivity contribution in [2.24, 2.45) is 5.14 Å². The number of aryl methyl sites for hydroxylation is 1. The van der Waals surface area contributed by atoms with Crippen LogP contribution in [0.1, 0.15) is 29.8 Å². The lowest BCUT2D eigenvalue weighted by Crippen LogP contribution is -2.21. The quantitative estimate of drug-likeness (QED) is 0.797. The predicted octanol–water partition coefficient (Wildman–Crippen LogP) is 1.22. The van der Waals surface area contributed by atoms with Gasteiger partial charge in [0, 0.05) is 6.61 Å². The summed E-state index contributed by atoms with van der Waals surface area (Å²) in [5, 5.41) is 5.04. The molecular formula is C13H19NO5S. The summed E-state index contributed by atoms with van der Waals surface area (Å²) in [5.74, 6) is -0.597. The Bertz CT molecular complexity index is 582. The van der Waals surface area contributed by atoms with E-state index >= 15 is 0 Å². The lowest BCUT2D eigenvalue weighted by Gasteiger charge is -2.14. The molecule has 0 saturated heterocycles. The summed E-state index contributed by atoms with van der Waals surface area (Å²) in [6, 6.07) is 4.09. The van der Waals surface area contributed by atoms with Gasteiger partial charge in [-0.3, -0.25) is 0 Å². The molecule has 0 aromatic heterocycles. The van der Waals surface area contributed by atoms with E-state index in [1.807, 2.05) is 6.92 Å². The molecule has 0 bridgehead atoms. The average Bonchev–Trinajstić information content (AvgIpc) is 2.35. The van der Waals surface area contributed by atoms with Crippen LogP contribution in [0.25, 0.3) is 0 Å². The molecule has 0 fully saturated rings. The number of ether oxygens (including phenoxy) is 2. The van der Waals surface area contributed by atoms with E-state index in [0.29, 0.717) is 12.2 Å². The first kappa shape index (κ1) is 16.6. The third kappa shape index (κ3) is 4.59. The Morgan fingerprint density at radius 1 is 1.40 bits per heavy atom. The van der Waals surface area contributed by atoms with E-state index in [-0.39, 0.29) is 17.1 Å². The molecule has 1 atom stereocenters. The van der Waals surface area contributed by atoms with E-state index in [2.05, 4.69) is 0 Å². The molecule has 0 radical (unpaired) electrons.